The normalized spacial score (nSPS) is 24.9. The van der Waals surface area contributed by atoms with Gasteiger partial charge in [0.25, 0.3) is 0 Å². The van der Waals surface area contributed by atoms with Crippen molar-refractivity contribution in [3.05, 3.63) is 12.7 Å². The third-order valence-electron chi connectivity index (χ3n) is 3.75. The third-order valence-corrected chi connectivity index (χ3v) is 3.75. The van der Waals surface area contributed by atoms with Crippen LogP contribution >= 0.6 is 0 Å². The summed E-state index contributed by atoms with van der Waals surface area (Å²) in [5.41, 5.74) is 0. The summed E-state index contributed by atoms with van der Waals surface area (Å²) >= 11 is 0. The number of nitrogens with zero attached hydrogens (tertiary/aromatic N) is 1. The number of ether oxygens (including phenoxy) is 1. The molecule has 2 fully saturated rings. The molecule has 2 N–H and O–H groups in total. The van der Waals surface area contributed by atoms with Crippen LogP contribution in [0.1, 0.15) is 32.1 Å². The summed E-state index contributed by atoms with van der Waals surface area (Å²) in [4.78, 5) is 25.7. The van der Waals surface area contributed by atoms with Crippen LogP contribution in [0.2, 0.25) is 0 Å². The Hall–Kier alpha value is -1.40. The standard InChI is InChI=1S/C15H24N2O4/c1-2-3-4-7-21-10-14(19)17-9-12(18)8-13(17)15(20)16-11-5-6-11/h2,11-13,18H,1,3-10H2,(H,16,20). The van der Waals surface area contributed by atoms with Crippen LogP contribution in [-0.4, -0.2) is 59.8 Å². The summed E-state index contributed by atoms with van der Waals surface area (Å²) in [7, 11) is 0. The first-order valence-electron chi connectivity index (χ1n) is 7.58. The molecule has 0 aromatic carbocycles. The molecule has 1 aliphatic heterocycles. The van der Waals surface area contributed by atoms with Gasteiger partial charge in [0.1, 0.15) is 12.6 Å². The minimum atomic E-state index is -0.635. The third kappa shape index (κ3) is 4.82. The van der Waals surface area contributed by atoms with Crippen LogP contribution in [0.4, 0.5) is 0 Å². The van der Waals surface area contributed by atoms with E-state index in [1.807, 2.05) is 0 Å². The number of hydrogen-bond donors (Lipinski definition) is 2. The molecule has 2 aliphatic rings. The summed E-state index contributed by atoms with van der Waals surface area (Å²) in [6, 6.07) is -0.313. The van der Waals surface area contributed by atoms with Gasteiger partial charge in [-0.05, 0) is 25.7 Å². The van der Waals surface area contributed by atoms with E-state index in [0.717, 1.165) is 25.7 Å². The van der Waals surface area contributed by atoms with Crippen LogP contribution in [0.3, 0.4) is 0 Å². The predicted octanol–water partition coefficient (Wildman–Crippen LogP) is 0.210. The number of rotatable bonds is 8. The number of amides is 2. The lowest BCUT2D eigenvalue weighted by atomic mass is 10.2. The van der Waals surface area contributed by atoms with Crippen LogP contribution in [0.5, 0.6) is 0 Å². The van der Waals surface area contributed by atoms with Crippen LogP contribution in [0, 0.1) is 0 Å². The van der Waals surface area contributed by atoms with E-state index in [4.69, 9.17) is 4.74 Å². The largest absolute Gasteiger partial charge is 0.391 e. The van der Waals surface area contributed by atoms with Crippen molar-refractivity contribution in [2.24, 2.45) is 0 Å². The van der Waals surface area contributed by atoms with Crippen molar-refractivity contribution in [1.82, 2.24) is 10.2 Å². The zero-order valence-electron chi connectivity index (χ0n) is 12.3. The highest BCUT2D eigenvalue weighted by molar-refractivity contribution is 5.89. The lowest BCUT2D eigenvalue weighted by Gasteiger charge is -2.23. The number of aliphatic hydroxyl groups excluding tert-OH is 1. The number of nitrogens with one attached hydrogen (secondary N) is 1. The zero-order valence-corrected chi connectivity index (χ0v) is 12.3. The first kappa shape index (κ1) is 16.0. The van der Waals surface area contributed by atoms with Gasteiger partial charge in [0, 0.05) is 25.6 Å². The molecule has 0 aromatic rings. The van der Waals surface area contributed by atoms with E-state index >= 15 is 0 Å². The summed E-state index contributed by atoms with van der Waals surface area (Å²) < 4.78 is 5.31. The summed E-state index contributed by atoms with van der Waals surface area (Å²) in [5.74, 6) is -0.393. The van der Waals surface area contributed by atoms with Crippen molar-refractivity contribution < 1.29 is 19.4 Å². The van der Waals surface area contributed by atoms with Crippen LogP contribution < -0.4 is 5.32 Å². The number of carbonyl (C=O) groups is 2. The lowest BCUT2D eigenvalue weighted by Crippen LogP contribution is -2.47. The predicted molar refractivity (Wildman–Crippen MR) is 77.5 cm³/mol. The van der Waals surface area contributed by atoms with E-state index in [9.17, 15) is 14.7 Å². The summed E-state index contributed by atoms with van der Waals surface area (Å²) in [6.07, 6.45) is 5.15. The van der Waals surface area contributed by atoms with Gasteiger partial charge in [0.2, 0.25) is 11.8 Å². The van der Waals surface area contributed by atoms with Gasteiger partial charge in [-0.1, -0.05) is 6.08 Å². The minimum Gasteiger partial charge on any atom is -0.391 e. The van der Waals surface area contributed by atoms with Gasteiger partial charge in [-0.15, -0.1) is 6.58 Å². The fourth-order valence-corrected chi connectivity index (χ4v) is 2.44. The van der Waals surface area contributed by atoms with Gasteiger partial charge in [0.05, 0.1) is 6.10 Å². The minimum absolute atomic E-state index is 0.0446. The van der Waals surface area contributed by atoms with E-state index in [0.29, 0.717) is 13.0 Å². The maximum atomic E-state index is 12.1. The molecule has 0 spiro atoms. The Morgan fingerprint density at radius 2 is 2.19 bits per heavy atom. The van der Waals surface area contributed by atoms with Crippen LogP contribution in [0.25, 0.3) is 0 Å². The Balaban J connectivity index is 1.78. The number of aliphatic hydroxyl groups is 1. The van der Waals surface area contributed by atoms with Gasteiger partial charge >= 0.3 is 0 Å². The van der Waals surface area contributed by atoms with Gasteiger partial charge in [0.15, 0.2) is 0 Å². The number of allylic oxidation sites excluding steroid dienone is 1. The topological polar surface area (TPSA) is 78.9 Å². The Bertz CT molecular complexity index is 395. The lowest BCUT2D eigenvalue weighted by molar-refractivity contribution is -0.142. The SMILES string of the molecule is C=CCCCOCC(=O)N1CC(O)CC1C(=O)NC1CC1. The van der Waals surface area contributed by atoms with Crippen molar-refractivity contribution in [3.8, 4) is 0 Å². The molecule has 1 saturated heterocycles. The molecule has 2 unspecified atom stereocenters. The molecule has 2 rings (SSSR count). The van der Waals surface area contributed by atoms with E-state index in [1.54, 1.807) is 6.08 Å². The summed E-state index contributed by atoms with van der Waals surface area (Å²) in [6.45, 7) is 4.27. The Kier molecular flexibility index (Phi) is 5.76. The Morgan fingerprint density at radius 3 is 2.86 bits per heavy atom. The molecule has 21 heavy (non-hydrogen) atoms. The van der Waals surface area contributed by atoms with Gasteiger partial charge in [-0.2, -0.15) is 0 Å². The molecule has 0 bridgehead atoms. The van der Waals surface area contributed by atoms with E-state index in [1.165, 1.54) is 4.90 Å². The second-order valence-corrected chi connectivity index (χ2v) is 5.72. The van der Waals surface area contributed by atoms with Crippen LogP contribution in [0.15, 0.2) is 12.7 Å². The second kappa shape index (κ2) is 7.56. The molecule has 2 atom stereocenters. The van der Waals surface area contributed by atoms with Crippen molar-refractivity contribution in [2.75, 3.05) is 19.8 Å². The molecular weight excluding hydrogens is 272 g/mol. The molecule has 0 aromatic heterocycles. The average molecular weight is 296 g/mol. The molecule has 1 saturated carbocycles. The molecule has 1 aliphatic carbocycles. The van der Waals surface area contributed by atoms with Gasteiger partial charge in [-0.3, -0.25) is 9.59 Å². The molecule has 6 nitrogen and oxygen atoms in total. The number of hydrogen-bond acceptors (Lipinski definition) is 4. The van der Waals surface area contributed by atoms with Crippen molar-refractivity contribution in [1.29, 1.82) is 0 Å². The van der Waals surface area contributed by atoms with Gasteiger partial charge < -0.3 is 20.1 Å². The Morgan fingerprint density at radius 1 is 1.43 bits per heavy atom. The van der Waals surface area contributed by atoms with E-state index in [2.05, 4.69) is 11.9 Å². The fraction of sp³-hybridized carbons (Fsp3) is 0.733. The first-order valence-corrected chi connectivity index (χ1v) is 7.58. The molecule has 6 heteroatoms. The first-order chi connectivity index (χ1) is 10.1. The maximum absolute atomic E-state index is 12.1. The average Bonchev–Trinajstić information content (AvgIpc) is 3.17. The highest BCUT2D eigenvalue weighted by atomic mass is 16.5. The van der Waals surface area contributed by atoms with Gasteiger partial charge in [-0.25, -0.2) is 0 Å². The number of likely N-dealkylation sites (tertiary alicyclic amines) is 1. The van der Waals surface area contributed by atoms with Crippen molar-refractivity contribution in [3.63, 3.8) is 0 Å². The monoisotopic (exact) mass is 296 g/mol. The highest BCUT2D eigenvalue weighted by Crippen LogP contribution is 2.22. The van der Waals surface area contributed by atoms with Crippen molar-refractivity contribution in [2.45, 2.75) is 50.3 Å². The van der Waals surface area contributed by atoms with Crippen molar-refractivity contribution >= 4 is 11.8 Å². The quantitative estimate of drug-likeness (QED) is 0.496. The zero-order chi connectivity index (χ0) is 15.2. The fourth-order valence-electron chi connectivity index (χ4n) is 2.44. The van der Waals surface area contributed by atoms with E-state index in [-0.39, 0.29) is 31.0 Å². The maximum Gasteiger partial charge on any atom is 0.249 e. The number of β-amino-alcohol motifs (C(OH)–C–C–N with tert-alkyl or cyclic N) is 1. The van der Waals surface area contributed by atoms with E-state index < -0.39 is 12.1 Å². The molecule has 118 valence electrons. The summed E-state index contributed by atoms with van der Waals surface area (Å²) in [5, 5.41) is 12.6. The smallest absolute Gasteiger partial charge is 0.249 e. The molecule has 0 radical (unpaired) electrons. The number of carbonyl (C=O) groups excluding carboxylic acids is 2. The molecular formula is C15H24N2O4. The molecule has 1 heterocycles. The Labute approximate surface area is 125 Å². The second-order valence-electron chi connectivity index (χ2n) is 5.72. The number of unbranched alkanes of at least 4 members (excludes halogenated alkanes) is 1. The van der Waals surface area contributed by atoms with Crippen LogP contribution in [-0.2, 0) is 14.3 Å². The highest BCUT2D eigenvalue weighted by Gasteiger charge is 2.40. The molecule has 2 amide bonds.